The average molecular weight is 446 g/mol. The summed E-state index contributed by atoms with van der Waals surface area (Å²) in [6, 6.07) is 16.8. The van der Waals surface area contributed by atoms with E-state index in [1.165, 1.54) is 4.68 Å². The average Bonchev–Trinajstić information content (AvgIpc) is 3.46. The standard InChI is InChI=1S/C22H22N8O3/c1-3-17(14-9-6-5-7-10-14)24-26-22(31)18-19(15-11-8-12-16(13-15)32-4-2)30(29-25-18)21-20(23)27-33-28-21/h5-13H,3-4H2,1-2H3,(H2,23,27)(H,26,31). The van der Waals surface area contributed by atoms with Crippen molar-refractivity contribution in [3.05, 3.63) is 65.9 Å². The second-order valence-electron chi connectivity index (χ2n) is 6.85. The van der Waals surface area contributed by atoms with Crippen LogP contribution in [0.4, 0.5) is 5.82 Å². The molecule has 4 rings (SSSR count). The number of carbonyl (C=O) groups excluding carboxylic acids is 1. The Kier molecular flexibility index (Phi) is 6.39. The number of amides is 1. The Bertz CT molecular complexity index is 1280. The first-order chi connectivity index (χ1) is 16.1. The van der Waals surface area contributed by atoms with Crippen LogP contribution in [-0.2, 0) is 0 Å². The zero-order valence-electron chi connectivity index (χ0n) is 18.1. The molecule has 11 heteroatoms. The van der Waals surface area contributed by atoms with Crippen molar-refractivity contribution in [3.63, 3.8) is 0 Å². The number of carbonyl (C=O) groups is 1. The highest BCUT2D eigenvalue weighted by atomic mass is 16.6. The van der Waals surface area contributed by atoms with Gasteiger partial charge in [0.15, 0.2) is 5.69 Å². The minimum atomic E-state index is -0.546. The molecule has 168 valence electrons. The number of nitrogens with two attached hydrogens (primary N) is 1. The Hall–Kier alpha value is -4.54. The molecular formula is C22H22N8O3. The van der Waals surface area contributed by atoms with E-state index in [0.29, 0.717) is 30.0 Å². The summed E-state index contributed by atoms with van der Waals surface area (Å²) >= 11 is 0. The minimum absolute atomic E-state index is 0.00411. The van der Waals surface area contributed by atoms with Gasteiger partial charge in [-0.15, -0.1) is 5.10 Å². The maximum atomic E-state index is 13.1. The molecule has 0 spiro atoms. The van der Waals surface area contributed by atoms with Crippen LogP contribution in [0.25, 0.3) is 17.1 Å². The molecule has 11 nitrogen and oxygen atoms in total. The van der Waals surface area contributed by atoms with Gasteiger partial charge in [0, 0.05) is 5.56 Å². The fourth-order valence-electron chi connectivity index (χ4n) is 3.23. The number of nitrogens with one attached hydrogen (secondary N) is 1. The molecule has 0 saturated heterocycles. The molecule has 0 radical (unpaired) electrons. The molecule has 0 bridgehead atoms. The highest BCUT2D eigenvalue weighted by molar-refractivity contribution is 6.03. The topological polar surface area (TPSA) is 146 Å². The molecule has 0 saturated carbocycles. The fraction of sp³-hybridized carbons (Fsp3) is 0.182. The van der Waals surface area contributed by atoms with Gasteiger partial charge in [0.25, 0.3) is 5.91 Å². The van der Waals surface area contributed by atoms with E-state index in [1.54, 1.807) is 18.2 Å². The van der Waals surface area contributed by atoms with E-state index in [9.17, 15) is 4.79 Å². The molecule has 4 aromatic rings. The summed E-state index contributed by atoms with van der Waals surface area (Å²) in [4.78, 5) is 13.1. The minimum Gasteiger partial charge on any atom is -0.494 e. The van der Waals surface area contributed by atoms with E-state index in [4.69, 9.17) is 15.1 Å². The Balaban J connectivity index is 1.75. The zero-order valence-corrected chi connectivity index (χ0v) is 18.1. The predicted molar refractivity (Wildman–Crippen MR) is 121 cm³/mol. The number of anilines is 1. The number of benzene rings is 2. The van der Waals surface area contributed by atoms with Gasteiger partial charge in [-0.2, -0.15) is 9.78 Å². The van der Waals surface area contributed by atoms with Crippen LogP contribution in [0.15, 0.2) is 64.3 Å². The van der Waals surface area contributed by atoms with Gasteiger partial charge in [-0.1, -0.05) is 54.6 Å². The predicted octanol–water partition coefficient (Wildman–Crippen LogP) is 2.84. The first-order valence-corrected chi connectivity index (χ1v) is 10.3. The molecule has 0 atom stereocenters. The maximum absolute atomic E-state index is 13.1. The molecule has 0 aliphatic heterocycles. The van der Waals surface area contributed by atoms with Gasteiger partial charge in [0.05, 0.1) is 12.3 Å². The first kappa shape index (κ1) is 21.7. The Morgan fingerprint density at radius 2 is 1.97 bits per heavy atom. The lowest BCUT2D eigenvalue weighted by Gasteiger charge is -2.09. The number of ether oxygens (including phenoxy) is 1. The molecule has 33 heavy (non-hydrogen) atoms. The molecule has 2 aromatic heterocycles. The number of nitrogens with zero attached hydrogens (tertiary/aromatic N) is 6. The van der Waals surface area contributed by atoms with Gasteiger partial charge in [-0.25, -0.2) is 10.1 Å². The number of aromatic nitrogens is 5. The molecule has 0 aliphatic carbocycles. The van der Waals surface area contributed by atoms with Crippen LogP contribution in [0.5, 0.6) is 5.75 Å². The molecular weight excluding hydrogens is 424 g/mol. The molecule has 3 N–H and O–H groups in total. The summed E-state index contributed by atoms with van der Waals surface area (Å²) in [7, 11) is 0. The number of hydrogen-bond acceptors (Lipinski definition) is 9. The van der Waals surface area contributed by atoms with Crippen LogP contribution >= 0.6 is 0 Å². The summed E-state index contributed by atoms with van der Waals surface area (Å²) < 4.78 is 11.6. The number of hydrogen-bond donors (Lipinski definition) is 2. The second kappa shape index (κ2) is 9.73. The quantitative estimate of drug-likeness (QED) is 0.310. The Morgan fingerprint density at radius 3 is 2.67 bits per heavy atom. The summed E-state index contributed by atoms with van der Waals surface area (Å²) in [5.41, 5.74) is 11.1. The summed E-state index contributed by atoms with van der Waals surface area (Å²) in [6.07, 6.45) is 0.626. The molecule has 0 aliphatic rings. The summed E-state index contributed by atoms with van der Waals surface area (Å²) in [6.45, 7) is 4.33. The molecule has 0 unspecified atom stereocenters. The number of rotatable bonds is 8. The van der Waals surface area contributed by atoms with Crippen molar-refractivity contribution < 1.29 is 14.2 Å². The lowest BCUT2D eigenvalue weighted by molar-refractivity contribution is 0.0950. The number of hydrazone groups is 1. The van der Waals surface area contributed by atoms with Crippen molar-refractivity contribution in [2.24, 2.45) is 5.10 Å². The van der Waals surface area contributed by atoms with Crippen LogP contribution < -0.4 is 15.9 Å². The third-order valence-corrected chi connectivity index (χ3v) is 4.73. The van der Waals surface area contributed by atoms with E-state index < -0.39 is 5.91 Å². The van der Waals surface area contributed by atoms with E-state index in [-0.39, 0.29) is 17.3 Å². The van der Waals surface area contributed by atoms with Crippen molar-refractivity contribution >= 4 is 17.4 Å². The third-order valence-electron chi connectivity index (χ3n) is 4.73. The van der Waals surface area contributed by atoms with Gasteiger partial charge in [-0.05, 0) is 41.4 Å². The van der Waals surface area contributed by atoms with Gasteiger partial charge >= 0.3 is 0 Å². The Labute approximate surface area is 189 Å². The Morgan fingerprint density at radius 1 is 1.15 bits per heavy atom. The highest BCUT2D eigenvalue weighted by Gasteiger charge is 2.25. The molecule has 2 heterocycles. The fourth-order valence-corrected chi connectivity index (χ4v) is 3.23. The van der Waals surface area contributed by atoms with E-state index in [0.717, 1.165) is 11.3 Å². The first-order valence-electron chi connectivity index (χ1n) is 10.3. The van der Waals surface area contributed by atoms with Crippen molar-refractivity contribution in [2.45, 2.75) is 20.3 Å². The van der Waals surface area contributed by atoms with E-state index in [2.05, 4.69) is 31.2 Å². The van der Waals surface area contributed by atoms with Gasteiger partial charge in [-0.3, -0.25) is 4.79 Å². The van der Waals surface area contributed by atoms with Crippen molar-refractivity contribution in [1.82, 2.24) is 30.7 Å². The summed E-state index contributed by atoms with van der Waals surface area (Å²) in [5, 5.41) is 19.8. The normalized spacial score (nSPS) is 11.4. The van der Waals surface area contributed by atoms with Gasteiger partial charge in [0.2, 0.25) is 11.6 Å². The molecule has 2 aromatic carbocycles. The SMILES string of the molecule is CCOc1cccc(-c2c(C(=O)NN=C(CC)c3ccccc3)nnn2-c2nonc2N)c1. The van der Waals surface area contributed by atoms with Crippen LogP contribution in [0.1, 0.15) is 36.3 Å². The van der Waals surface area contributed by atoms with E-state index >= 15 is 0 Å². The lowest BCUT2D eigenvalue weighted by atomic mass is 10.1. The van der Waals surface area contributed by atoms with Crippen molar-refractivity contribution in [2.75, 3.05) is 12.3 Å². The van der Waals surface area contributed by atoms with Crippen LogP contribution in [-0.4, -0.2) is 43.5 Å². The van der Waals surface area contributed by atoms with Crippen LogP contribution in [0, 0.1) is 0 Å². The van der Waals surface area contributed by atoms with Crippen LogP contribution in [0.2, 0.25) is 0 Å². The second-order valence-corrected chi connectivity index (χ2v) is 6.85. The third kappa shape index (κ3) is 4.56. The molecule has 1 amide bonds. The smallest absolute Gasteiger partial charge is 0.294 e. The molecule has 0 fully saturated rings. The number of nitrogen functional groups attached to an aromatic ring is 1. The van der Waals surface area contributed by atoms with Crippen molar-refractivity contribution in [3.8, 4) is 22.8 Å². The highest BCUT2D eigenvalue weighted by Crippen LogP contribution is 2.29. The largest absolute Gasteiger partial charge is 0.494 e. The van der Waals surface area contributed by atoms with E-state index in [1.807, 2.05) is 50.2 Å². The maximum Gasteiger partial charge on any atom is 0.294 e. The zero-order chi connectivity index (χ0) is 23.2. The van der Waals surface area contributed by atoms with Gasteiger partial charge < -0.3 is 10.5 Å². The summed E-state index contributed by atoms with van der Waals surface area (Å²) in [5.74, 6) is 0.190. The van der Waals surface area contributed by atoms with Crippen molar-refractivity contribution in [1.29, 1.82) is 0 Å². The monoisotopic (exact) mass is 446 g/mol. The van der Waals surface area contributed by atoms with Gasteiger partial charge in [0.1, 0.15) is 11.4 Å². The lowest BCUT2D eigenvalue weighted by Crippen LogP contribution is -2.21. The van der Waals surface area contributed by atoms with Crippen LogP contribution in [0.3, 0.4) is 0 Å².